The molecule has 1 N–H and O–H groups in total. The molecule has 0 heterocycles. The molecule has 0 aromatic carbocycles. The highest BCUT2D eigenvalue weighted by Gasteiger charge is 2.26. The van der Waals surface area contributed by atoms with Gasteiger partial charge >= 0.3 is 0 Å². The van der Waals surface area contributed by atoms with Crippen molar-refractivity contribution in [2.45, 2.75) is 46.6 Å². The van der Waals surface area contributed by atoms with E-state index in [1.807, 2.05) is 0 Å². The van der Waals surface area contributed by atoms with Crippen molar-refractivity contribution in [3.63, 3.8) is 0 Å². The summed E-state index contributed by atoms with van der Waals surface area (Å²) in [6, 6.07) is 0.251. The van der Waals surface area contributed by atoms with Gasteiger partial charge in [0.05, 0.1) is 6.04 Å². The van der Waals surface area contributed by atoms with Crippen LogP contribution in [0.1, 0.15) is 40.5 Å². The zero-order valence-corrected chi connectivity index (χ0v) is 9.63. The van der Waals surface area contributed by atoms with E-state index in [1.165, 1.54) is 18.4 Å². The van der Waals surface area contributed by atoms with Crippen molar-refractivity contribution in [3.05, 3.63) is 11.6 Å². The molecule has 1 aliphatic carbocycles. The van der Waals surface area contributed by atoms with Gasteiger partial charge < -0.3 is 5.32 Å². The van der Waals surface area contributed by atoms with Gasteiger partial charge in [-0.2, -0.15) is 0 Å². The number of rotatable bonds is 2. The molecule has 0 saturated heterocycles. The van der Waals surface area contributed by atoms with Crippen LogP contribution in [0.5, 0.6) is 0 Å². The monoisotopic (exact) mass is 195 g/mol. The second-order valence-electron chi connectivity index (χ2n) is 4.69. The van der Waals surface area contributed by atoms with Crippen LogP contribution < -0.4 is 5.32 Å². The maximum Gasteiger partial charge on any atom is 0.217 e. The minimum atomic E-state index is 0.0756. The molecule has 0 aromatic heterocycles. The Morgan fingerprint density at radius 1 is 1.57 bits per heavy atom. The smallest absolute Gasteiger partial charge is 0.217 e. The third kappa shape index (κ3) is 2.86. The zero-order valence-electron chi connectivity index (χ0n) is 9.63. The quantitative estimate of drug-likeness (QED) is 0.674. The second-order valence-corrected chi connectivity index (χ2v) is 4.69. The summed E-state index contributed by atoms with van der Waals surface area (Å²) in [6.45, 7) is 8.20. The normalized spacial score (nSPS) is 27.4. The predicted molar refractivity (Wildman–Crippen MR) is 58.9 cm³/mol. The maximum atomic E-state index is 11.0. The molecule has 0 fully saturated rings. The summed E-state index contributed by atoms with van der Waals surface area (Å²) in [6.07, 6.45) is 4.60. The lowest BCUT2D eigenvalue weighted by molar-refractivity contribution is -0.119. The molecule has 0 saturated carbocycles. The highest BCUT2D eigenvalue weighted by Crippen LogP contribution is 2.29. The summed E-state index contributed by atoms with van der Waals surface area (Å²) in [5.74, 6) is 1.31. The van der Waals surface area contributed by atoms with Crippen LogP contribution in [-0.4, -0.2) is 11.9 Å². The fourth-order valence-electron chi connectivity index (χ4n) is 2.22. The molecule has 0 spiro atoms. The van der Waals surface area contributed by atoms with Gasteiger partial charge in [-0.1, -0.05) is 25.5 Å². The van der Waals surface area contributed by atoms with Gasteiger partial charge in [0.15, 0.2) is 0 Å². The van der Waals surface area contributed by atoms with Crippen molar-refractivity contribution >= 4 is 5.91 Å². The molecule has 2 heteroatoms. The number of allylic oxidation sites excluding steroid dienone is 1. The van der Waals surface area contributed by atoms with E-state index < -0.39 is 0 Å². The summed E-state index contributed by atoms with van der Waals surface area (Å²) in [7, 11) is 0. The fourth-order valence-corrected chi connectivity index (χ4v) is 2.22. The Morgan fingerprint density at radius 2 is 2.21 bits per heavy atom. The number of carbonyl (C=O) groups is 1. The number of hydrogen-bond donors (Lipinski definition) is 1. The standard InChI is InChI=1S/C12H21NO/c1-8(2)11-6-5-9(3)7-12(11)13-10(4)14/h7-8,11-12H,5-6H2,1-4H3,(H,13,14)/t11-,12?/m0/s1. The van der Waals surface area contributed by atoms with E-state index in [9.17, 15) is 4.79 Å². The Hall–Kier alpha value is -0.790. The van der Waals surface area contributed by atoms with Gasteiger partial charge in [0.2, 0.25) is 5.91 Å². The first-order valence-electron chi connectivity index (χ1n) is 5.45. The van der Waals surface area contributed by atoms with Crippen molar-refractivity contribution in [2.75, 3.05) is 0 Å². The molecule has 80 valence electrons. The first kappa shape index (κ1) is 11.3. The third-order valence-corrected chi connectivity index (χ3v) is 3.02. The minimum Gasteiger partial charge on any atom is -0.350 e. The maximum absolute atomic E-state index is 11.0. The largest absolute Gasteiger partial charge is 0.350 e. The Labute approximate surface area is 86.8 Å². The van der Waals surface area contributed by atoms with E-state index in [1.54, 1.807) is 6.92 Å². The molecule has 1 aliphatic rings. The highest BCUT2D eigenvalue weighted by molar-refractivity contribution is 5.73. The Balaban J connectivity index is 2.72. The van der Waals surface area contributed by atoms with Gasteiger partial charge in [0.1, 0.15) is 0 Å². The molecule has 0 aromatic rings. The zero-order chi connectivity index (χ0) is 10.7. The lowest BCUT2D eigenvalue weighted by Gasteiger charge is -2.32. The molecule has 2 nitrogen and oxygen atoms in total. The number of hydrogen-bond acceptors (Lipinski definition) is 1. The summed E-state index contributed by atoms with van der Waals surface area (Å²) < 4.78 is 0. The van der Waals surface area contributed by atoms with Crippen LogP contribution in [-0.2, 0) is 4.79 Å². The van der Waals surface area contributed by atoms with Crippen LogP contribution in [0.3, 0.4) is 0 Å². The van der Waals surface area contributed by atoms with E-state index in [0.717, 1.165) is 0 Å². The Bertz CT molecular complexity index is 243. The lowest BCUT2D eigenvalue weighted by atomic mass is 9.79. The van der Waals surface area contributed by atoms with E-state index in [2.05, 4.69) is 32.2 Å². The van der Waals surface area contributed by atoms with Gasteiger partial charge in [-0.25, -0.2) is 0 Å². The van der Waals surface area contributed by atoms with Gasteiger partial charge in [-0.05, 0) is 31.6 Å². The summed E-state index contributed by atoms with van der Waals surface area (Å²) in [5.41, 5.74) is 1.40. The average Bonchev–Trinajstić information content (AvgIpc) is 2.01. The van der Waals surface area contributed by atoms with E-state index >= 15 is 0 Å². The van der Waals surface area contributed by atoms with Crippen molar-refractivity contribution in [1.82, 2.24) is 5.32 Å². The lowest BCUT2D eigenvalue weighted by Crippen LogP contribution is -2.41. The third-order valence-electron chi connectivity index (χ3n) is 3.02. The minimum absolute atomic E-state index is 0.0756. The first-order valence-corrected chi connectivity index (χ1v) is 5.45. The molecule has 1 amide bonds. The van der Waals surface area contributed by atoms with Crippen molar-refractivity contribution in [1.29, 1.82) is 0 Å². The van der Waals surface area contributed by atoms with Crippen LogP contribution in [0, 0.1) is 11.8 Å². The molecule has 2 atom stereocenters. The van der Waals surface area contributed by atoms with Crippen molar-refractivity contribution < 1.29 is 4.79 Å². The van der Waals surface area contributed by atoms with Crippen LogP contribution in [0.25, 0.3) is 0 Å². The van der Waals surface area contributed by atoms with E-state index in [-0.39, 0.29) is 11.9 Å². The van der Waals surface area contributed by atoms with Crippen LogP contribution in [0.2, 0.25) is 0 Å². The number of carbonyl (C=O) groups excluding carboxylic acids is 1. The molecular weight excluding hydrogens is 174 g/mol. The Morgan fingerprint density at radius 3 is 2.71 bits per heavy atom. The molecule has 0 radical (unpaired) electrons. The van der Waals surface area contributed by atoms with Crippen molar-refractivity contribution in [2.24, 2.45) is 11.8 Å². The summed E-state index contributed by atoms with van der Waals surface area (Å²) in [5, 5.41) is 3.03. The SMILES string of the molecule is CC(=O)NC1C=C(C)CC[C@H]1C(C)C. The second kappa shape index (κ2) is 4.63. The van der Waals surface area contributed by atoms with Gasteiger partial charge in [-0.15, -0.1) is 0 Å². The molecule has 0 aliphatic heterocycles. The van der Waals surface area contributed by atoms with E-state index in [4.69, 9.17) is 0 Å². The average molecular weight is 195 g/mol. The number of nitrogens with one attached hydrogen (secondary N) is 1. The first-order chi connectivity index (χ1) is 6.50. The van der Waals surface area contributed by atoms with Gasteiger partial charge in [0.25, 0.3) is 0 Å². The topological polar surface area (TPSA) is 29.1 Å². The molecule has 1 unspecified atom stereocenters. The predicted octanol–water partition coefficient (Wildman–Crippen LogP) is 2.50. The van der Waals surface area contributed by atoms with Crippen LogP contribution in [0.15, 0.2) is 11.6 Å². The van der Waals surface area contributed by atoms with Gasteiger partial charge in [0, 0.05) is 6.92 Å². The summed E-state index contributed by atoms with van der Waals surface area (Å²) in [4.78, 5) is 11.0. The fraction of sp³-hybridized carbons (Fsp3) is 0.750. The molecule has 0 bridgehead atoms. The molecule has 1 rings (SSSR count). The van der Waals surface area contributed by atoms with Crippen molar-refractivity contribution in [3.8, 4) is 0 Å². The van der Waals surface area contributed by atoms with Crippen LogP contribution in [0.4, 0.5) is 0 Å². The summed E-state index contributed by atoms with van der Waals surface area (Å²) >= 11 is 0. The highest BCUT2D eigenvalue weighted by atomic mass is 16.1. The Kier molecular flexibility index (Phi) is 3.73. The molecule has 14 heavy (non-hydrogen) atoms. The number of amides is 1. The van der Waals surface area contributed by atoms with Gasteiger partial charge in [-0.3, -0.25) is 4.79 Å². The van der Waals surface area contributed by atoms with E-state index in [0.29, 0.717) is 11.8 Å². The van der Waals surface area contributed by atoms with Crippen LogP contribution >= 0.6 is 0 Å². The molecular formula is C12H21NO.